The molecular weight excluding hydrogens is 376 g/mol. The first-order chi connectivity index (χ1) is 14.0. The minimum absolute atomic E-state index is 0.0574. The highest BCUT2D eigenvalue weighted by Gasteiger charge is 2.41. The second-order valence-corrected chi connectivity index (χ2v) is 7.59. The van der Waals surface area contributed by atoms with Gasteiger partial charge in [0.15, 0.2) is 17.7 Å². The van der Waals surface area contributed by atoms with Gasteiger partial charge in [0.1, 0.15) is 11.4 Å². The number of fused-ring (bicyclic) bond motifs is 3. The van der Waals surface area contributed by atoms with Gasteiger partial charge in [-0.2, -0.15) is 0 Å². The summed E-state index contributed by atoms with van der Waals surface area (Å²) in [5.41, 5.74) is -0.198. The lowest BCUT2D eigenvalue weighted by molar-refractivity contribution is -0.112. The molecule has 0 unspecified atom stereocenters. The van der Waals surface area contributed by atoms with E-state index in [1.165, 1.54) is 15.7 Å². The van der Waals surface area contributed by atoms with Gasteiger partial charge in [0.2, 0.25) is 5.43 Å². The number of aromatic hydroxyl groups is 1. The van der Waals surface area contributed by atoms with Crippen molar-refractivity contribution in [2.45, 2.75) is 38.6 Å². The van der Waals surface area contributed by atoms with Crippen molar-refractivity contribution in [2.24, 2.45) is 0 Å². The lowest BCUT2D eigenvalue weighted by atomic mass is 10.1. The molecule has 0 radical (unpaired) electrons. The van der Waals surface area contributed by atoms with E-state index in [1.807, 2.05) is 13.0 Å². The van der Waals surface area contributed by atoms with Gasteiger partial charge >= 0.3 is 0 Å². The minimum Gasteiger partial charge on any atom is -0.503 e. The van der Waals surface area contributed by atoms with E-state index in [2.05, 4.69) is 4.98 Å². The van der Waals surface area contributed by atoms with Crippen LogP contribution in [0.2, 0.25) is 0 Å². The molecule has 0 spiro atoms. The predicted molar refractivity (Wildman–Crippen MR) is 102 cm³/mol. The molecule has 0 bridgehead atoms. The molecule has 2 atom stereocenters. The first kappa shape index (κ1) is 17.9. The van der Waals surface area contributed by atoms with Crippen molar-refractivity contribution in [2.75, 3.05) is 18.1 Å². The Hall–Kier alpha value is -3.20. The number of hydrogen-bond donors (Lipinski definition) is 1. The van der Waals surface area contributed by atoms with E-state index < -0.39 is 29.2 Å². The molecule has 0 saturated carbocycles. The highest BCUT2D eigenvalue weighted by atomic mass is 16.5. The number of rotatable bonds is 1. The summed E-state index contributed by atoms with van der Waals surface area (Å²) in [6, 6.07) is 3.63. The van der Waals surface area contributed by atoms with Gasteiger partial charge in [0.05, 0.1) is 13.2 Å². The summed E-state index contributed by atoms with van der Waals surface area (Å²) in [7, 11) is 0. The molecule has 3 aliphatic rings. The summed E-state index contributed by atoms with van der Waals surface area (Å²) in [5, 5.41) is 10.6. The molecule has 3 aliphatic heterocycles. The van der Waals surface area contributed by atoms with Crippen LogP contribution < -0.4 is 10.3 Å². The number of anilines is 1. The number of carbonyl (C=O) groups is 2. The first-order valence-corrected chi connectivity index (χ1v) is 9.64. The lowest BCUT2D eigenvalue weighted by Gasteiger charge is -2.44. The van der Waals surface area contributed by atoms with Gasteiger partial charge in [-0.25, -0.2) is 4.98 Å². The Labute approximate surface area is 166 Å². The zero-order valence-electron chi connectivity index (χ0n) is 15.9. The van der Waals surface area contributed by atoms with Crippen LogP contribution in [0, 0.1) is 0 Å². The number of amides is 2. The number of ether oxygens (including phenoxy) is 1. The van der Waals surface area contributed by atoms with E-state index in [-0.39, 0.29) is 23.8 Å². The van der Waals surface area contributed by atoms with Crippen molar-refractivity contribution in [3.05, 3.63) is 51.6 Å². The minimum atomic E-state index is -0.844. The molecule has 1 saturated heterocycles. The van der Waals surface area contributed by atoms with Crippen LogP contribution in [-0.4, -0.2) is 56.8 Å². The number of hydrogen-bond acceptors (Lipinski definition) is 6. The number of carbonyl (C=O) groups excluding carboxylic acids is 2. The Morgan fingerprint density at radius 1 is 1.34 bits per heavy atom. The van der Waals surface area contributed by atoms with Crippen LogP contribution in [-0.2, 0) is 17.7 Å². The normalized spacial score (nSPS) is 22.9. The zero-order valence-corrected chi connectivity index (χ0v) is 15.9. The second kappa shape index (κ2) is 6.41. The fraction of sp³-hybridized carbons (Fsp3) is 0.400. The van der Waals surface area contributed by atoms with Crippen LogP contribution in [0.25, 0.3) is 0 Å². The first-order valence-electron chi connectivity index (χ1n) is 9.64. The summed E-state index contributed by atoms with van der Waals surface area (Å²) < 4.78 is 7.17. The van der Waals surface area contributed by atoms with Crippen molar-refractivity contribution in [3.8, 4) is 5.75 Å². The van der Waals surface area contributed by atoms with E-state index in [4.69, 9.17) is 4.74 Å². The Bertz CT molecular complexity index is 1090. The fourth-order valence-electron chi connectivity index (χ4n) is 4.36. The molecule has 1 fully saturated rings. The van der Waals surface area contributed by atoms with Crippen molar-refractivity contribution >= 4 is 17.6 Å². The third-order valence-electron chi connectivity index (χ3n) is 5.88. The van der Waals surface area contributed by atoms with Crippen LogP contribution in [0.1, 0.15) is 39.8 Å². The third-order valence-corrected chi connectivity index (χ3v) is 5.88. The van der Waals surface area contributed by atoms with Crippen LogP contribution in [0.3, 0.4) is 0 Å². The largest absolute Gasteiger partial charge is 0.503 e. The Morgan fingerprint density at radius 2 is 2.17 bits per heavy atom. The van der Waals surface area contributed by atoms with Crippen molar-refractivity contribution in [1.29, 1.82) is 0 Å². The van der Waals surface area contributed by atoms with E-state index >= 15 is 0 Å². The highest BCUT2D eigenvalue weighted by Crippen LogP contribution is 2.30. The lowest BCUT2D eigenvalue weighted by Crippen LogP contribution is -2.57. The summed E-state index contributed by atoms with van der Waals surface area (Å²) in [5.74, 6) is -1.18. The molecule has 2 aromatic rings. The maximum Gasteiger partial charge on any atom is 0.276 e. The van der Waals surface area contributed by atoms with E-state index in [1.54, 1.807) is 17.2 Å². The average molecular weight is 396 g/mol. The Kier molecular flexibility index (Phi) is 3.95. The summed E-state index contributed by atoms with van der Waals surface area (Å²) >= 11 is 0. The molecule has 5 heterocycles. The van der Waals surface area contributed by atoms with Gasteiger partial charge in [-0.15, -0.1) is 0 Å². The molecule has 9 heteroatoms. The molecule has 2 aromatic heterocycles. The van der Waals surface area contributed by atoms with E-state index in [0.717, 1.165) is 5.56 Å². The standard InChI is InChI=1S/C20H20N4O5/c1-11-5-8-29-14-10-22-9-13(16(25)17(26)15(22)20(28)24(11)14)19(27)23-7-4-12-3-2-6-21-18(12)23/h2-3,6,9,11,14,26H,4-5,7-8,10H2,1H3/t11-,14+/m1/s1. The quantitative estimate of drug-likeness (QED) is 0.762. The topological polar surface area (TPSA) is 105 Å². The van der Waals surface area contributed by atoms with Crippen LogP contribution in [0.15, 0.2) is 29.3 Å². The monoisotopic (exact) mass is 396 g/mol. The van der Waals surface area contributed by atoms with Crippen LogP contribution in [0.4, 0.5) is 5.82 Å². The SMILES string of the molecule is C[C@@H]1CCO[C@H]2Cn3cc(C(=O)N4CCc5cccnc54)c(=O)c(O)c3C(=O)N12. The second-order valence-electron chi connectivity index (χ2n) is 7.59. The van der Waals surface area contributed by atoms with Crippen molar-refractivity contribution in [3.63, 3.8) is 0 Å². The molecule has 5 rings (SSSR count). The van der Waals surface area contributed by atoms with E-state index in [0.29, 0.717) is 31.8 Å². The van der Waals surface area contributed by atoms with Crippen molar-refractivity contribution < 1.29 is 19.4 Å². The van der Waals surface area contributed by atoms with Gasteiger partial charge in [-0.3, -0.25) is 19.3 Å². The summed E-state index contributed by atoms with van der Waals surface area (Å²) in [6.07, 6.45) is 3.80. The smallest absolute Gasteiger partial charge is 0.276 e. The number of aromatic nitrogens is 2. The maximum atomic E-state index is 13.1. The maximum absolute atomic E-state index is 13.1. The Balaban J connectivity index is 1.58. The fourth-order valence-corrected chi connectivity index (χ4v) is 4.36. The molecule has 9 nitrogen and oxygen atoms in total. The molecule has 0 aliphatic carbocycles. The Morgan fingerprint density at radius 3 is 3.00 bits per heavy atom. The molecule has 1 N–H and O–H groups in total. The third kappa shape index (κ3) is 2.57. The molecule has 29 heavy (non-hydrogen) atoms. The number of pyridine rings is 2. The van der Waals surface area contributed by atoms with Gasteiger partial charge in [0.25, 0.3) is 11.8 Å². The van der Waals surface area contributed by atoms with Crippen molar-refractivity contribution in [1.82, 2.24) is 14.5 Å². The molecule has 2 amide bonds. The average Bonchev–Trinajstić information content (AvgIpc) is 3.14. The van der Waals surface area contributed by atoms with E-state index in [9.17, 15) is 19.5 Å². The van der Waals surface area contributed by atoms with Gasteiger partial charge in [-0.1, -0.05) is 6.07 Å². The highest BCUT2D eigenvalue weighted by molar-refractivity contribution is 6.07. The number of nitrogens with zero attached hydrogens (tertiary/aromatic N) is 4. The van der Waals surface area contributed by atoms with Crippen LogP contribution >= 0.6 is 0 Å². The zero-order chi connectivity index (χ0) is 20.3. The van der Waals surface area contributed by atoms with Gasteiger partial charge in [-0.05, 0) is 31.4 Å². The summed E-state index contributed by atoms with van der Waals surface area (Å²) in [6.45, 7) is 3.09. The van der Waals surface area contributed by atoms with Crippen LogP contribution in [0.5, 0.6) is 5.75 Å². The van der Waals surface area contributed by atoms with Gasteiger partial charge in [0, 0.05) is 25.0 Å². The molecular formula is C20H20N4O5. The molecule has 0 aromatic carbocycles. The van der Waals surface area contributed by atoms with Gasteiger partial charge < -0.3 is 19.3 Å². The summed E-state index contributed by atoms with van der Waals surface area (Å²) in [4.78, 5) is 46.1. The molecule has 150 valence electrons. The predicted octanol–water partition coefficient (Wildman–Crippen LogP) is 0.742.